The quantitative estimate of drug-likeness (QED) is 0.644. The summed E-state index contributed by atoms with van der Waals surface area (Å²) >= 11 is 12.1. The van der Waals surface area contributed by atoms with Gasteiger partial charge in [0.15, 0.2) is 0 Å². The lowest BCUT2D eigenvalue weighted by Crippen LogP contribution is -2.56. The van der Waals surface area contributed by atoms with Crippen molar-refractivity contribution in [3.05, 3.63) is 33.8 Å². The Kier molecular flexibility index (Phi) is 7.82. The summed E-state index contributed by atoms with van der Waals surface area (Å²) in [7, 11) is 0. The largest absolute Gasteiger partial charge is 0.339 e. The van der Waals surface area contributed by atoms with Crippen LogP contribution in [0.1, 0.15) is 49.4 Å². The normalized spacial score (nSPS) is 24.3. The second-order valence-electron chi connectivity index (χ2n) is 9.35. The van der Waals surface area contributed by atoms with E-state index < -0.39 is 6.04 Å². The molecule has 3 saturated heterocycles. The number of carbonyl (C=O) groups is 3. The average molecular weight is 495 g/mol. The van der Waals surface area contributed by atoms with E-state index in [1.807, 2.05) is 9.80 Å². The minimum Gasteiger partial charge on any atom is -0.339 e. The number of amides is 3. The first-order chi connectivity index (χ1) is 15.8. The second-order valence-corrected chi connectivity index (χ2v) is 10.2. The molecule has 0 aromatic heterocycles. The minimum absolute atomic E-state index is 0.00963. The van der Waals surface area contributed by atoms with E-state index in [0.29, 0.717) is 67.3 Å². The monoisotopic (exact) mass is 494 g/mol. The van der Waals surface area contributed by atoms with Crippen molar-refractivity contribution in [3.8, 4) is 0 Å². The van der Waals surface area contributed by atoms with Gasteiger partial charge in [-0.2, -0.15) is 0 Å². The molecule has 3 fully saturated rings. The number of likely N-dealkylation sites (tertiary alicyclic amines) is 2. The molecular weight excluding hydrogens is 463 g/mol. The van der Waals surface area contributed by atoms with E-state index in [-0.39, 0.29) is 17.7 Å². The van der Waals surface area contributed by atoms with E-state index >= 15 is 0 Å². The molecule has 3 aliphatic heterocycles. The molecule has 1 aromatic rings. The molecule has 7 nitrogen and oxygen atoms in total. The van der Waals surface area contributed by atoms with Crippen LogP contribution >= 0.6 is 23.2 Å². The topological polar surface area (TPSA) is 64.2 Å². The molecule has 33 heavy (non-hydrogen) atoms. The first-order valence-corrected chi connectivity index (χ1v) is 12.7. The van der Waals surface area contributed by atoms with Crippen molar-refractivity contribution < 1.29 is 14.4 Å². The van der Waals surface area contributed by atoms with Crippen LogP contribution in [0, 0.1) is 0 Å². The van der Waals surface area contributed by atoms with Crippen LogP contribution < -0.4 is 0 Å². The predicted octanol–water partition coefficient (Wildman–Crippen LogP) is 3.14. The Balaban J connectivity index is 1.32. The first-order valence-electron chi connectivity index (χ1n) is 11.9. The van der Waals surface area contributed by atoms with Gasteiger partial charge in [-0.15, -0.1) is 0 Å². The third-order valence-corrected chi connectivity index (χ3v) is 7.51. The summed E-state index contributed by atoms with van der Waals surface area (Å²) in [6.07, 6.45) is 4.79. The van der Waals surface area contributed by atoms with Gasteiger partial charge in [0.2, 0.25) is 11.8 Å². The van der Waals surface area contributed by atoms with Gasteiger partial charge >= 0.3 is 0 Å². The van der Waals surface area contributed by atoms with Crippen molar-refractivity contribution >= 4 is 40.9 Å². The molecule has 0 saturated carbocycles. The molecule has 0 bridgehead atoms. The van der Waals surface area contributed by atoms with Crippen LogP contribution in [0.25, 0.3) is 0 Å². The summed E-state index contributed by atoms with van der Waals surface area (Å²) in [5.41, 5.74) is 0.405. The zero-order valence-electron chi connectivity index (χ0n) is 19.1. The van der Waals surface area contributed by atoms with E-state index in [1.165, 1.54) is 6.42 Å². The number of rotatable bonds is 4. The third-order valence-electron chi connectivity index (χ3n) is 7.07. The SMILES string of the molecule is CC1CCCCN1C(=O)CN1CCN(C(=O)C2CCCN2C(=O)c2cc(Cl)cc(Cl)c2)CC1. The van der Waals surface area contributed by atoms with E-state index in [2.05, 4.69) is 11.8 Å². The molecule has 2 atom stereocenters. The summed E-state index contributed by atoms with van der Waals surface area (Å²) in [6.45, 7) is 6.42. The van der Waals surface area contributed by atoms with Crippen LogP contribution in [0.3, 0.4) is 0 Å². The van der Waals surface area contributed by atoms with Crippen molar-refractivity contribution in [2.75, 3.05) is 45.8 Å². The molecular formula is C24H32Cl2N4O3. The Morgan fingerprint density at radius 2 is 1.52 bits per heavy atom. The highest BCUT2D eigenvalue weighted by atomic mass is 35.5. The predicted molar refractivity (Wildman–Crippen MR) is 129 cm³/mol. The number of hydrogen-bond acceptors (Lipinski definition) is 4. The molecule has 2 unspecified atom stereocenters. The number of hydrogen-bond donors (Lipinski definition) is 0. The van der Waals surface area contributed by atoms with Gasteiger partial charge in [-0.05, 0) is 57.2 Å². The summed E-state index contributed by atoms with van der Waals surface area (Å²) in [6, 6.07) is 4.62. The van der Waals surface area contributed by atoms with Crippen LogP contribution in [0.15, 0.2) is 18.2 Å². The van der Waals surface area contributed by atoms with Gasteiger partial charge in [0.25, 0.3) is 5.91 Å². The van der Waals surface area contributed by atoms with Crippen LogP contribution in [0.4, 0.5) is 0 Å². The maximum absolute atomic E-state index is 13.3. The highest BCUT2D eigenvalue weighted by molar-refractivity contribution is 6.35. The van der Waals surface area contributed by atoms with Crippen LogP contribution in [-0.4, -0.2) is 95.2 Å². The van der Waals surface area contributed by atoms with Gasteiger partial charge < -0.3 is 14.7 Å². The molecule has 0 spiro atoms. The van der Waals surface area contributed by atoms with Crippen molar-refractivity contribution in [1.82, 2.24) is 19.6 Å². The summed E-state index contributed by atoms with van der Waals surface area (Å²) in [5.74, 6) is -0.0329. The molecule has 3 heterocycles. The molecule has 9 heteroatoms. The van der Waals surface area contributed by atoms with E-state index in [4.69, 9.17) is 23.2 Å². The van der Waals surface area contributed by atoms with Crippen molar-refractivity contribution in [1.29, 1.82) is 0 Å². The number of piperazine rings is 1. The van der Waals surface area contributed by atoms with Gasteiger partial charge in [0.05, 0.1) is 6.54 Å². The van der Waals surface area contributed by atoms with E-state index in [0.717, 1.165) is 25.8 Å². The average Bonchev–Trinajstić information content (AvgIpc) is 3.28. The number of benzene rings is 1. The lowest BCUT2D eigenvalue weighted by atomic mass is 10.0. The summed E-state index contributed by atoms with van der Waals surface area (Å²) in [4.78, 5) is 46.7. The fourth-order valence-corrected chi connectivity index (χ4v) is 5.72. The minimum atomic E-state index is -0.461. The fraction of sp³-hybridized carbons (Fsp3) is 0.625. The maximum Gasteiger partial charge on any atom is 0.254 e. The van der Waals surface area contributed by atoms with Gasteiger partial charge in [-0.3, -0.25) is 19.3 Å². The lowest BCUT2D eigenvalue weighted by Gasteiger charge is -2.39. The molecule has 0 N–H and O–H groups in total. The fourth-order valence-electron chi connectivity index (χ4n) is 5.20. The Morgan fingerprint density at radius 1 is 0.848 bits per heavy atom. The summed E-state index contributed by atoms with van der Waals surface area (Å²) in [5, 5.41) is 0.801. The molecule has 4 rings (SSSR count). The zero-order valence-corrected chi connectivity index (χ0v) is 20.7. The standard InChI is InChI=1S/C24H32Cl2N4O3/c1-17-5-2-3-7-29(17)22(31)16-27-9-11-28(12-10-27)24(33)21-6-4-8-30(21)23(32)18-13-19(25)15-20(26)14-18/h13-15,17,21H,2-12,16H2,1H3. The van der Waals surface area contributed by atoms with Crippen LogP contribution in [0.5, 0.6) is 0 Å². The van der Waals surface area contributed by atoms with Crippen molar-refractivity contribution in [2.45, 2.75) is 51.1 Å². The third kappa shape index (κ3) is 5.64. The molecule has 3 aliphatic rings. The zero-order chi connectivity index (χ0) is 23.5. The van der Waals surface area contributed by atoms with Crippen molar-refractivity contribution in [3.63, 3.8) is 0 Å². The number of halogens is 2. The second kappa shape index (κ2) is 10.6. The number of carbonyl (C=O) groups excluding carboxylic acids is 3. The van der Waals surface area contributed by atoms with E-state index in [9.17, 15) is 14.4 Å². The Bertz CT molecular complexity index is 883. The summed E-state index contributed by atoms with van der Waals surface area (Å²) < 4.78 is 0. The van der Waals surface area contributed by atoms with Gasteiger partial charge in [-0.1, -0.05) is 23.2 Å². The molecule has 180 valence electrons. The number of piperidine rings is 1. The first kappa shape index (κ1) is 24.3. The Morgan fingerprint density at radius 3 is 2.18 bits per heavy atom. The van der Waals surface area contributed by atoms with Crippen LogP contribution in [0.2, 0.25) is 10.0 Å². The van der Waals surface area contributed by atoms with Gasteiger partial charge in [0, 0.05) is 60.9 Å². The van der Waals surface area contributed by atoms with Crippen LogP contribution in [-0.2, 0) is 9.59 Å². The van der Waals surface area contributed by atoms with Crippen molar-refractivity contribution in [2.24, 2.45) is 0 Å². The molecule has 3 amide bonds. The highest BCUT2D eigenvalue weighted by Crippen LogP contribution is 2.26. The smallest absolute Gasteiger partial charge is 0.254 e. The molecule has 0 radical (unpaired) electrons. The highest BCUT2D eigenvalue weighted by Gasteiger charge is 2.38. The van der Waals surface area contributed by atoms with Gasteiger partial charge in [0.1, 0.15) is 6.04 Å². The lowest BCUT2D eigenvalue weighted by molar-refractivity contribution is -0.139. The Hall–Kier alpha value is -1.83. The molecule has 1 aromatic carbocycles. The molecule has 0 aliphatic carbocycles. The number of nitrogens with zero attached hydrogens (tertiary/aromatic N) is 4. The van der Waals surface area contributed by atoms with Gasteiger partial charge in [-0.25, -0.2) is 0 Å². The van der Waals surface area contributed by atoms with E-state index in [1.54, 1.807) is 23.1 Å². The maximum atomic E-state index is 13.3. The Labute approximate surface area is 205 Å².